The summed E-state index contributed by atoms with van der Waals surface area (Å²) in [5, 5.41) is 13.3. The van der Waals surface area contributed by atoms with E-state index in [0.717, 1.165) is 0 Å². The van der Waals surface area contributed by atoms with Crippen molar-refractivity contribution in [2.75, 3.05) is 32.8 Å². The molecule has 1 atom stereocenters. The highest BCUT2D eigenvalue weighted by Gasteiger charge is 2.28. The summed E-state index contributed by atoms with van der Waals surface area (Å²) in [6.07, 6.45) is -2.04. The number of alkyl carbamates (subject to hydrolysis) is 1. The predicted octanol–water partition coefficient (Wildman–Crippen LogP) is 0.00610. The summed E-state index contributed by atoms with van der Waals surface area (Å²) in [5.74, 6) is -0.401. The van der Waals surface area contributed by atoms with E-state index in [1.54, 1.807) is 20.8 Å². The Morgan fingerprint density at radius 3 is 2.36 bits per heavy atom. The van der Waals surface area contributed by atoms with Gasteiger partial charge >= 0.3 is 12.2 Å². The van der Waals surface area contributed by atoms with Gasteiger partial charge in [0.05, 0.1) is 19.8 Å². The Bertz CT molecular complexity index is 414. The average molecular weight is 317 g/mol. The molecular weight excluding hydrogens is 294 g/mol. The molecule has 126 valence electrons. The zero-order valence-electron chi connectivity index (χ0n) is 13.0. The Labute approximate surface area is 128 Å². The van der Waals surface area contributed by atoms with Crippen molar-refractivity contribution >= 4 is 18.1 Å². The minimum absolute atomic E-state index is 0.183. The van der Waals surface area contributed by atoms with Gasteiger partial charge in [-0.1, -0.05) is 0 Å². The lowest BCUT2D eigenvalue weighted by Gasteiger charge is -2.30. The summed E-state index contributed by atoms with van der Waals surface area (Å²) in [6, 6.07) is -1.07. The molecule has 0 bridgehead atoms. The first kappa shape index (κ1) is 18.0. The van der Waals surface area contributed by atoms with Gasteiger partial charge in [0.25, 0.3) is 0 Å². The lowest BCUT2D eigenvalue weighted by atomic mass is 10.2. The zero-order chi connectivity index (χ0) is 16.8. The van der Waals surface area contributed by atoms with Crippen LogP contribution in [0.2, 0.25) is 0 Å². The van der Waals surface area contributed by atoms with Crippen LogP contribution in [-0.4, -0.2) is 72.6 Å². The van der Waals surface area contributed by atoms with Crippen LogP contribution in [0.4, 0.5) is 9.59 Å². The van der Waals surface area contributed by atoms with Gasteiger partial charge < -0.3 is 30.1 Å². The number of nitrogens with one attached hydrogen (secondary N) is 2. The van der Waals surface area contributed by atoms with Gasteiger partial charge in [-0.25, -0.2) is 9.59 Å². The molecule has 3 N–H and O–H groups in total. The second kappa shape index (κ2) is 7.83. The maximum atomic E-state index is 12.3. The number of carboxylic acid groups (broad SMARTS) is 1. The van der Waals surface area contributed by atoms with Gasteiger partial charge in [0.2, 0.25) is 5.91 Å². The van der Waals surface area contributed by atoms with Gasteiger partial charge in [-0.15, -0.1) is 0 Å². The monoisotopic (exact) mass is 317 g/mol. The molecule has 0 aromatic heterocycles. The molecule has 1 unspecified atom stereocenters. The molecule has 22 heavy (non-hydrogen) atoms. The third kappa shape index (κ3) is 6.61. The molecule has 1 aliphatic heterocycles. The maximum absolute atomic E-state index is 12.3. The van der Waals surface area contributed by atoms with E-state index >= 15 is 0 Å². The minimum atomic E-state index is -1.34. The fraction of sp³-hybridized carbons (Fsp3) is 0.769. The van der Waals surface area contributed by atoms with Crippen molar-refractivity contribution in [2.24, 2.45) is 0 Å². The number of carbonyl (C=O) groups excluding carboxylic acids is 2. The van der Waals surface area contributed by atoms with Crippen molar-refractivity contribution in [3.05, 3.63) is 0 Å². The highest BCUT2D eigenvalue weighted by atomic mass is 16.6. The number of amides is 3. The highest BCUT2D eigenvalue weighted by Crippen LogP contribution is 2.06. The summed E-state index contributed by atoms with van der Waals surface area (Å²) in [6.45, 7) is 6.54. The lowest BCUT2D eigenvalue weighted by molar-refractivity contribution is -0.137. The average Bonchev–Trinajstić information content (AvgIpc) is 2.41. The number of morpholine rings is 1. The second-order valence-electron chi connectivity index (χ2n) is 5.82. The topological polar surface area (TPSA) is 117 Å². The van der Waals surface area contributed by atoms with Crippen molar-refractivity contribution < 1.29 is 29.0 Å². The Morgan fingerprint density at radius 1 is 1.27 bits per heavy atom. The third-order valence-corrected chi connectivity index (χ3v) is 2.77. The largest absolute Gasteiger partial charge is 0.465 e. The van der Waals surface area contributed by atoms with E-state index < -0.39 is 29.7 Å². The quantitative estimate of drug-likeness (QED) is 0.672. The van der Waals surface area contributed by atoms with Crippen molar-refractivity contribution in [3.8, 4) is 0 Å². The molecule has 3 amide bonds. The Balaban J connectivity index is 2.58. The third-order valence-electron chi connectivity index (χ3n) is 2.77. The molecule has 0 saturated carbocycles. The van der Waals surface area contributed by atoms with Gasteiger partial charge in [0.15, 0.2) is 0 Å². The van der Waals surface area contributed by atoms with Gasteiger partial charge in [-0.3, -0.25) is 4.79 Å². The number of ether oxygens (including phenoxy) is 2. The molecule has 0 aliphatic carbocycles. The van der Waals surface area contributed by atoms with Crippen LogP contribution in [0.5, 0.6) is 0 Å². The zero-order valence-corrected chi connectivity index (χ0v) is 13.0. The second-order valence-corrected chi connectivity index (χ2v) is 5.82. The van der Waals surface area contributed by atoms with E-state index in [1.165, 1.54) is 4.90 Å². The van der Waals surface area contributed by atoms with Crippen LogP contribution < -0.4 is 10.6 Å². The van der Waals surface area contributed by atoms with Crippen molar-refractivity contribution in [1.82, 2.24) is 15.5 Å². The molecule has 1 rings (SSSR count). The molecule has 1 heterocycles. The smallest absolute Gasteiger partial charge is 0.407 e. The fourth-order valence-electron chi connectivity index (χ4n) is 1.85. The molecular formula is C13H23N3O6. The van der Waals surface area contributed by atoms with E-state index in [4.69, 9.17) is 14.6 Å². The van der Waals surface area contributed by atoms with Crippen molar-refractivity contribution in [1.29, 1.82) is 0 Å². The summed E-state index contributed by atoms with van der Waals surface area (Å²) >= 11 is 0. The predicted molar refractivity (Wildman–Crippen MR) is 76.6 cm³/mol. The van der Waals surface area contributed by atoms with Crippen molar-refractivity contribution in [3.63, 3.8) is 0 Å². The molecule has 1 aliphatic rings. The summed E-state index contributed by atoms with van der Waals surface area (Å²) in [4.78, 5) is 36.2. The van der Waals surface area contributed by atoms with Gasteiger partial charge in [-0.2, -0.15) is 0 Å². The molecule has 0 aromatic rings. The van der Waals surface area contributed by atoms with Crippen LogP contribution in [0.1, 0.15) is 20.8 Å². The SMILES string of the molecule is CC(C)(C)OC(=O)NCC(NC(=O)O)C(=O)N1CCOCC1. The standard InChI is InChI=1S/C13H23N3O6/c1-13(2,3)22-12(20)14-8-9(15-11(18)19)10(17)16-4-6-21-7-5-16/h9,15H,4-8H2,1-3H3,(H,14,20)(H,18,19). The lowest BCUT2D eigenvalue weighted by Crippen LogP contribution is -2.55. The van der Waals surface area contributed by atoms with Crippen LogP contribution in [0, 0.1) is 0 Å². The normalized spacial score (nSPS) is 16.6. The Kier molecular flexibility index (Phi) is 6.41. The van der Waals surface area contributed by atoms with Gasteiger partial charge in [0.1, 0.15) is 11.6 Å². The summed E-state index contributed by atoms with van der Waals surface area (Å²) in [7, 11) is 0. The van der Waals surface area contributed by atoms with Crippen LogP contribution in [0.3, 0.4) is 0 Å². The Hall–Kier alpha value is -2.03. The molecule has 0 aromatic carbocycles. The van der Waals surface area contributed by atoms with E-state index in [9.17, 15) is 14.4 Å². The first-order chi connectivity index (χ1) is 10.2. The molecule has 0 radical (unpaired) electrons. The number of nitrogens with zero attached hydrogens (tertiary/aromatic N) is 1. The van der Waals surface area contributed by atoms with Crippen LogP contribution in [0.15, 0.2) is 0 Å². The first-order valence-electron chi connectivity index (χ1n) is 7.02. The molecule has 0 spiro atoms. The Morgan fingerprint density at radius 2 is 1.86 bits per heavy atom. The number of hydrogen-bond acceptors (Lipinski definition) is 5. The van der Waals surface area contributed by atoms with Crippen LogP contribution in [-0.2, 0) is 14.3 Å². The first-order valence-corrected chi connectivity index (χ1v) is 7.02. The number of rotatable bonds is 4. The molecule has 9 nitrogen and oxygen atoms in total. The number of carbonyl (C=O) groups is 3. The van der Waals surface area contributed by atoms with E-state index in [2.05, 4.69) is 10.6 Å². The molecule has 1 saturated heterocycles. The highest BCUT2D eigenvalue weighted by molar-refractivity contribution is 5.86. The van der Waals surface area contributed by atoms with Crippen LogP contribution >= 0.6 is 0 Å². The number of hydrogen-bond donors (Lipinski definition) is 3. The molecule has 1 fully saturated rings. The van der Waals surface area contributed by atoms with E-state index in [-0.39, 0.29) is 6.54 Å². The maximum Gasteiger partial charge on any atom is 0.407 e. The van der Waals surface area contributed by atoms with Gasteiger partial charge in [-0.05, 0) is 20.8 Å². The minimum Gasteiger partial charge on any atom is -0.465 e. The van der Waals surface area contributed by atoms with Crippen LogP contribution in [0.25, 0.3) is 0 Å². The van der Waals surface area contributed by atoms with Gasteiger partial charge in [0, 0.05) is 13.1 Å². The summed E-state index contributed by atoms with van der Waals surface area (Å²) in [5.41, 5.74) is -0.673. The fourth-order valence-corrected chi connectivity index (χ4v) is 1.85. The molecule has 9 heteroatoms. The van der Waals surface area contributed by atoms with Crippen molar-refractivity contribution in [2.45, 2.75) is 32.4 Å². The summed E-state index contributed by atoms with van der Waals surface area (Å²) < 4.78 is 10.2. The van der Waals surface area contributed by atoms with E-state index in [1.807, 2.05) is 0 Å². The van der Waals surface area contributed by atoms with E-state index in [0.29, 0.717) is 26.3 Å².